The lowest BCUT2D eigenvalue weighted by Crippen LogP contribution is -2.13. The number of hydrogen-bond acceptors (Lipinski definition) is 2. The minimum absolute atomic E-state index is 1.14. The molecule has 2 heteroatoms. The molecule has 9 aromatic rings. The molecule has 0 heterocycles. The Morgan fingerprint density at radius 2 is 0.586 bits per heavy atom. The molecule has 0 bridgehead atoms. The third-order valence-corrected chi connectivity index (χ3v) is 11.5. The van der Waals surface area contributed by atoms with Gasteiger partial charge in [0, 0.05) is 22.1 Å². The summed E-state index contributed by atoms with van der Waals surface area (Å²) in [5.74, 6) is 0. The number of fused-ring (bicyclic) bond motifs is 2. The molecule has 0 fully saturated rings. The summed E-state index contributed by atoms with van der Waals surface area (Å²) in [5, 5.41) is 4.94. The van der Waals surface area contributed by atoms with Crippen LogP contribution in [0.2, 0.25) is 0 Å². The second kappa shape index (κ2) is 15.2. The zero-order valence-corrected chi connectivity index (χ0v) is 34.2. The summed E-state index contributed by atoms with van der Waals surface area (Å²) in [6.45, 7) is 13.3. The van der Waals surface area contributed by atoms with Gasteiger partial charge in [-0.25, -0.2) is 0 Å². The number of nitrogens with zero attached hydrogens (tertiary/aromatic N) is 2. The van der Waals surface area contributed by atoms with Crippen LogP contribution in [0.3, 0.4) is 0 Å². The van der Waals surface area contributed by atoms with Gasteiger partial charge in [0.15, 0.2) is 0 Å². The predicted molar refractivity (Wildman–Crippen MR) is 250 cm³/mol. The van der Waals surface area contributed by atoms with Crippen molar-refractivity contribution in [1.82, 2.24) is 0 Å². The van der Waals surface area contributed by atoms with Crippen molar-refractivity contribution in [3.8, 4) is 22.3 Å². The van der Waals surface area contributed by atoms with Crippen LogP contribution < -0.4 is 9.80 Å². The van der Waals surface area contributed by atoms with E-state index in [0.29, 0.717) is 0 Å². The molecule has 0 spiro atoms. The second-order valence-corrected chi connectivity index (χ2v) is 15.8. The largest absolute Gasteiger partial charge is 0.309 e. The van der Waals surface area contributed by atoms with Crippen LogP contribution >= 0.6 is 0 Å². The Hall–Kier alpha value is -6.90. The van der Waals surface area contributed by atoms with Crippen molar-refractivity contribution in [3.05, 3.63) is 215 Å². The highest BCUT2D eigenvalue weighted by Gasteiger charge is 2.21. The third-order valence-electron chi connectivity index (χ3n) is 11.5. The van der Waals surface area contributed by atoms with Crippen LogP contribution in [0.25, 0.3) is 43.8 Å². The Kier molecular flexibility index (Phi) is 9.63. The summed E-state index contributed by atoms with van der Waals surface area (Å²) < 4.78 is 0. The quantitative estimate of drug-likeness (QED) is 0.153. The number of anilines is 6. The molecule has 0 aromatic heterocycles. The van der Waals surface area contributed by atoms with E-state index in [0.717, 1.165) is 11.4 Å². The monoisotopic (exact) mass is 748 g/mol. The van der Waals surface area contributed by atoms with Crippen LogP contribution in [0.1, 0.15) is 33.4 Å². The Morgan fingerprint density at radius 1 is 0.293 bits per heavy atom. The molecule has 0 N–H and O–H groups in total. The second-order valence-electron chi connectivity index (χ2n) is 15.8. The molecular weight excluding hydrogens is 701 g/mol. The van der Waals surface area contributed by atoms with Crippen LogP contribution in [0.4, 0.5) is 34.1 Å². The summed E-state index contributed by atoms with van der Waals surface area (Å²) in [6.07, 6.45) is 0. The van der Waals surface area contributed by atoms with Crippen molar-refractivity contribution >= 4 is 55.7 Å². The fourth-order valence-electron chi connectivity index (χ4n) is 9.10. The molecule has 0 atom stereocenters. The van der Waals surface area contributed by atoms with Crippen LogP contribution in [-0.2, 0) is 0 Å². The van der Waals surface area contributed by atoms with Crippen LogP contribution in [0.5, 0.6) is 0 Å². The normalized spacial score (nSPS) is 11.3. The van der Waals surface area contributed by atoms with Gasteiger partial charge in [-0.05, 0) is 133 Å². The first-order valence-electron chi connectivity index (χ1n) is 20.3. The average Bonchev–Trinajstić information content (AvgIpc) is 3.23. The van der Waals surface area contributed by atoms with Crippen molar-refractivity contribution in [2.75, 3.05) is 9.80 Å². The van der Waals surface area contributed by atoms with E-state index in [9.17, 15) is 0 Å². The van der Waals surface area contributed by atoms with Crippen molar-refractivity contribution in [2.24, 2.45) is 0 Å². The highest BCUT2D eigenvalue weighted by atomic mass is 15.2. The molecular formula is C56H48N2. The van der Waals surface area contributed by atoms with Gasteiger partial charge >= 0.3 is 0 Å². The van der Waals surface area contributed by atoms with Crippen molar-refractivity contribution in [1.29, 1.82) is 0 Å². The van der Waals surface area contributed by atoms with E-state index >= 15 is 0 Å². The van der Waals surface area contributed by atoms with Gasteiger partial charge in [0.2, 0.25) is 0 Å². The molecule has 9 rings (SSSR count). The minimum atomic E-state index is 1.14. The summed E-state index contributed by atoms with van der Waals surface area (Å²) in [4.78, 5) is 4.87. The van der Waals surface area contributed by atoms with E-state index in [-0.39, 0.29) is 0 Å². The van der Waals surface area contributed by atoms with E-state index in [1.54, 1.807) is 0 Å². The van der Waals surface area contributed by atoms with Crippen molar-refractivity contribution in [2.45, 2.75) is 41.5 Å². The zero-order valence-electron chi connectivity index (χ0n) is 34.2. The number of rotatable bonds is 8. The topological polar surface area (TPSA) is 6.48 Å². The Balaban J connectivity index is 1.04. The van der Waals surface area contributed by atoms with E-state index < -0.39 is 0 Å². The van der Waals surface area contributed by atoms with E-state index in [1.807, 2.05) is 0 Å². The fraction of sp³-hybridized carbons (Fsp3) is 0.107. The molecule has 2 nitrogen and oxygen atoms in total. The number of aryl methyl sites for hydroxylation is 6. The first-order chi connectivity index (χ1) is 28.2. The highest BCUT2D eigenvalue weighted by molar-refractivity contribution is 6.01. The summed E-state index contributed by atoms with van der Waals surface area (Å²) in [5.41, 5.74) is 19.5. The van der Waals surface area contributed by atoms with Gasteiger partial charge in [0.25, 0.3) is 0 Å². The van der Waals surface area contributed by atoms with Crippen LogP contribution in [0.15, 0.2) is 182 Å². The van der Waals surface area contributed by atoms with Gasteiger partial charge in [0.1, 0.15) is 0 Å². The van der Waals surface area contributed by atoms with E-state index in [1.165, 1.54) is 99.9 Å². The SMILES string of the molecule is Cc1cc(C)c(N(c2ccc(-c3ccc(-c4ccc(N(c5c(C)cc(C)cc5C)c5cccc6ccccc56)cc4)cc3)cc2)c2cccc3ccccc23)c(C)c1. The van der Waals surface area contributed by atoms with Gasteiger partial charge < -0.3 is 9.80 Å². The van der Waals surface area contributed by atoms with Gasteiger partial charge in [-0.2, -0.15) is 0 Å². The van der Waals surface area contributed by atoms with E-state index in [2.05, 4.69) is 233 Å². The lowest BCUT2D eigenvalue weighted by molar-refractivity contribution is 1.21. The number of benzene rings is 9. The first-order valence-corrected chi connectivity index (χ1v) is 20.3. The maximum absolute atomic E-state index is 2.44. The van der Waals surface area contributed by atoms with Crippen LogP contribution in [0, 0.1) is 41.5 Å². The molecule has 58 heavy (non-hydrogen) atoms. The Labute approximate surface area is 343 Å². The molecule has 0 radical (unpaired) electrons. The molecule has 0 unspecified atom stereocenters. The molecule has 282 valence electrons. The van der Waals surface area contributed by atoms with Gasteiger partial charge in [-0.3, -0.25) is 0 Å². The molecule has 0 aliphatic rings. The number of hydrogen-bond donors (Lipinski definition) is 0. The Bertz CT molecular complexity index is 2680. The maximum Gasteiger partial charge on any atom is 0.0540 e. The van der Waals surface area contributed by atoms with Gasteiger partial charge in [-0.1, -0.05) is 157 Å². The molecule has 0 amide bonds. The summed E-state index contributed by atoms with van der Waals surface area (Å²) in [6, 6.07) is 66.8. The molecule has 9 aromatic carbocycles. The average molecular weight is 749 g/mol. The third kappa shape index (κ3) is 6.82. The fourth-order valence-corrected chi connectivity index (χ4v) is 9.10. The predicted octanol–water partition coefficient (Wildman–Crippen LogP) is 16.1. The molecule has 0 saturated heterocycles. The molecule has 0 aliphatic carbocycles. The molecule has 0 saturated carbocycles. The van der Waals surface area contributed by atoms with Gasteiger partial charge in [-0.15, -0.1) is 0 Å². The molecule has 0 aliphatic heterocycles. The van der Waals surface area contributed by atoms with E-state index in [4.69, 9.17) is 0 Å². The highest BCUT2D eigenvalue weighted by Crippen LogP contribution is 2.44. The zero-order chi connectivity index (χ0) is 39.9. The van der Waals surface area contributed by atoms with Crippen molar-refractivity contribution in [3.63, 3.8) is 0 Å². The summed E-state index contributed by atoms with van der Waals surface area (Å²) in [7, 11) is 0. The van der Waals surface area contributed by atoms with Gasteiger partial charge in [0.05, 0.1) is 22.7 Å². The van der Waals surface area contributed by atoms with Crippen molar-refractivity contribution < 1.29 is 0 Å². The van der Waals surface area contributed by atoms with Crippen LogP contribution in [-0.4, -0.2) is 0 Å². The Morgan fingerprint density at radius 3 is 0.931 bits per heavy atom. The standard InChI is InChI=1S/C56H48N2/c1-37-33-39(3)55(40(4)34-37)57(53-19-11-15-47-13-7-9-17-51(47)53)49-29-25-45(26-30-49)43-21-23-44(24-22-43)46-27-31-50(32-28-46)58(56-41(5)35-38(2)36-42(56)6)54-20-12-16-48-14-8-10-18-52(48)54/h7-36H,1-6H3. The summed E-state index contributed by atoms with van der Waals surface area (Å²) >= 11 is 0. The lowest BCUT2D eigenvalue weighted by Gasteiger charge is -2.30. The maximum atomic E-state index is 2.44. The first kappa shape index (κ1) is 36.7. The smallest absolute Gasteiger partial charge is 0.0540 e. The minimum Gasteiger partial charge on any atom is -0.309 e. The lowest BCUT2D eigenvalue weighted by atomic mass is 9.98.